The van der Waals surface area contributed by atoms with Crippen LogP contribution in [-0.4, -0.2) is 32.6 Å². The summed E-state index contributed by atoms with van der Waals surface area (Å²) in [4.78, 5) is 35.3. The lowest BCUT2D eigenvalue weighted by molar-refractivity contribution is -0.384. The molecule has 1 saturated heterocycles. The summed E-state index contributed by atoms with van der Waals surface area (Å²) in [5, 5.41) is 21.2. The van der Waals surface area contributed by atoms with Crippen LogP contribution in [0.4, 0.5) is 5.69 Å². The number of unbranched alkanes of at least 4 members (excludes halogenated alkanes) is 2. The number of thioether (sulfide) groups is 1. The van der Waals surface area contributed by atoms with Crippen LogP contribution < -0.4 is 5.11 Å². The zero-order valence-corrected chi connectivity index (χ0v) is 17.4. The highest BCUT2D eigenvalue weighted by atomic mass is 32.2. The van der Waals surface area contributed by atoms with Gasteiger partial charge in [0.15, 0.2) is 0 Å². The average Bonchev–Trinajstić information content (AvgIpc) is 3.27. The molecule has 2 aromatic rings. The van der Waals surface area contributed by atoms with Crippen LogP contribution >= 0.6 is 24.0 Å². The van der Waals surface area contributed by atoms with Gasteiger partial charge in [-0.25, -0.2) is 0 Å². The number of hydrogen-bond donors (Lipinski definition) is 0. The number of furan rings is 1. The number of aliphatic carboxylic acids is 1. The van der Waals surface area contributed by atoms with E-state index in [0.29, 0.717) is 52.1 Å². The van der Waals surface area contributed by atoms with Crippen molar-refractivity contribution in [2.24, 2.45) is 0 Å². The van der Waals surface area contributed by atoms with Crippen molar-refractivity contribution in [2.45, 2.75) is 25.7 Å². The Morgan fingerprint density at radius 1 is 1.17 bits per heavy atom. The van der Waals surface area contributed by atoms with Crippen LogP contribution in [0.3, 0.4) is 0 Å². The lowest BCUT2D eigenvalue weighted by Gasteiger charge is -2.14. The Balaban J connectivity index is 1.63. The van der Waals surface area contributed by atoms with Crippen molar-refractivity contribution >= 4 is 51.9 Å². The van der Waals surface area contributed by atoms with Gasteiger partial charge in [0.1, 0.15) is 15.8 Å². The molecule has 1 aromatic carbocycles. The third-order valence-corrected chi connectivity index (χ3v) is 5.78. The number of hydrogen-bond acceptors (Lipinski definition) is 8. The third kappa shape index (κ3) is 5.33. The van der Waals surface area contributed by atoms with Crippen LogP contribution in [0.2, 0.25) is 0 Å². The Bertz CT molecular complexity index is 1010. The Morgan fingerprint density at radius 2 is 1.90 bits per heavy atom. The Morgan fingerprint density at radius 3 is 2.57 bits per heavy atom. The molecule has 8 nitrogen and oxygen atoms in total. The number of nitro groups is 1. The lowest BCUT2D eigenvalue weighted by Crippen LogP contribution is -2.29. The molecule has 0 bridgehead atoms. The summed E-state index contributed by atoms with van der Waals surface area (Å²) in [5.41, 5.74) is 0.679. The SMILES string of the molecule is O=C([O-])CCCCCN1C(=O)/C(=C/c2ccc(-c3ccc([N+](=O)[O-])cc3)o2)SC1=S. The molecule has 10 heteroatoms. The average molecular weight is 445 g/mol. The number of carboxylic acid groups (broad SMARTS) is 1. The number of non-ortho nitro benzene ring substituents is 1. The van der Waals surface area contributed by atoms with E-state index in [1.807, 2.05) is 0 Å². The fraction of sp³-hybridized carbons (Fsp3) is 0.250. The summed E-state index contributed by atoms with van der Waals surface area (Å²) in [7, 11) is 0. The molecular formula is C20H17N2O6S2-. The van der Waals surface area contributed by atoms with Crippen LogP contribution in [0.15, 0.2) is 45.7 Å². The van der Waals surface area contributed by atoms with Gasteiger partial charge in [0, 0.05) is 36.3 Å². The summed E-state index contributed by atoms with van der Waals surface area (Å²) in [6.45, 7) is 0.432. The Labute approximate surface area is 181 Å². The van der Waals surface area contributed by atoms with Crippen molar-refractivity contribution in [3.8, 4) is 11.3 Å². The molecule has 1 amide bonds. The highest BCUT2D eigenvalue weighted by Gasteiger charge is 2.31. The summed E-state index contributed by atoms with van der Waals surface area (Å²) in [6.07, 6.45) is 3.45. The number of benzene rings is 1. The molecule has 2 heterocycles. The van der Waals surface area contributed by atoms with Gasteiger partial charge in [-0.2, -0.15) is 0 Å². The van der Waals surface area contributed by atoms with Crippen LogP contribution in [0.1, 0.15) is 31.4 Å². The van der Waals surface area contributed by atoms with Gasteiger partial charge < -0.3 is 14.3 Å². The van der Waals surface area contributed by atoms with E-state index in [1.165, 1.54) is 28.8 Å². The van der Waals surface area contributed by atoms with E-state index in [1.54, 1.807) is 30.3 Å². The van der Waals surface area contributed by atoms with Crippen LogP contribution in [0, 0.1) is 10.1 Å². The highest BCUT2D eigenvalue weighted by molar-refractivity contribution is 8.26. The molecule has 0 saturated carbocycles. The first-order valence-corrected chi connectivity index (χ1v) is 10.4. The topological polar surface area (TPSA) is 117 Å². The highest BCUT2D eigenvalue weighted by Crippen LogP contribution is 2.34. The zero-order valence-electron chi connectivity index (χ0n) is 15.7. The largest absolute Gasteiger partial charge is 0.550 e. The summed E-state index contributed by atoms with van der Waals surface area (Å²) in [6, 6.07) is 9.43. The first-order chi connectivity index (χ1) is 14.3. The van der Waals surface area contributed by atoms with Crippen molar-refractivity contribution in [1.29, 1.82) is 0 Å². The number of amides is 1. The normalized spacial score (nSPS) is 15.2. The molecular weight excluding hydrogens is 428 g/mol. The number of rotatable bonds is 9. The molecule has 0 aliphatic carbocycles. The second kappa shape index (κ2) is 9.68. The van der Waals surface area contributed by atoms with Crippen molar-refractivity contribution in [3.05, 3.63) is 57.2 Å². The van der Waals surface area contributed by atoms with E-state index < -0.39 is 10.9 Å². The molecule has 1 fully saturated rings. The van der Waals surface area contributed by atoms with Gasteiger partial charge in [0.25, 0.3) is 11.6 Å². The van der Waals surface area contributed by atoms with Crippen LogP contribution in [0.25, 0.3) is 17.4 Å². The minimum absolute atomic E-state index is 0.00571. The van der Waals surface area contributed by atoms with Crippen LogP contribution in [-0.2, 0) is 9.59 Å². The smallest absolute Gasteiger partial charge is 0.269 e. The second-order valence-electron chi connectivity index (χ2n) is 6.52. The predicted molar refractivity (Wildman–Crippen MR) is 114 cm³/mol. The van der Waals surface area contributed by atoms with Gasteiger partial charge >= 0.3 is 0 Å². The maximum absolute atomic E-state index is 12.6. The standard InChI is InChI=1S/C20H18N2O6S2/c23-18(24)4-2-1-3-11-21-19(25)17(30-20(21)29)12-15-9-10-16(28-15)13-5-7-14(8-6-13)22(26)27/h5-10,12H,1-4,11H2,(H,23,24)/p-1/b17-12-. The van der Waals surface area contributed by atoms with Crippen LogP contribution in [0.5, 0.6) is 0 Å². The number of carbonyl (C=O) groups is 2. The van der Waals surface area contributed by atoms with Gasteiger partial charge in [-0.1, -0.05) is 30.4 Å². The Hall–Kier alpha value is -2.98. The van der Waals surface area contributed by atoms with Gasteiger partial charge in [0.2, 0.25) is 0 Å². The molecule has 0 radical (unpaired) electrons. The third-order valence-electron chi connectivity index (χ3n) is 4.40. The van der Waals surface area contributed by atoms with Crippen molar-refractivity contribution < 1.29 is 24.0 Å². The number of carbonyl (C=O) groups excluding carboxylic acids is 2. The number of nitro benzene ring substituents is 1. The van der Waals surface area contributed by atoms with E-state index in [-0.39, 0.29) is 18.0 Å². The van der Waals surface area contributed by atoms with Crippen molar-refractivity contribution in [3.63, 3.8) is 0 Å². The number of thiocarbonyl (C=S) groups is 1. The summed E-state index contributed by atoms with van der Waals surface area (Å²) < 4.78 is 6.20. The zero-order chi connectivity index (χ0) is 21.7. The maximum Gasteiger partial charge on any atom is 0.269 e. The predicted octanol–water partition coefficient (Wildman–Crippen LogP) is 3.37. The maximum atomic E-state index is 12.6. The molecule has 0 N–H and O–H groups in total. The van der Waals surface area contributed by atoms with Gasteiger partial charge in [-0.3, -0.25) is 19.8 Å². The van der Waals surface area contributed by atoms with Crippen molar-refractivity contribution in [2.75, 3.05) is 6.54 Å². The molecule has 0 spiro atoms. The fourth-order valence-electron chi connectivity index (χ4n) is 2.87. The van der Waals surface area contributed by atoms with E-state index >= 15 is 0 Å². The molecule has 0 unspecified atom stereocenters. The minimum Gasteiger partial charge on any atom is -0.550 e. The Kier molecular flexibility index (Phi) is 7.01. The summed E-state index contributed by atoms with van der Waals surface area (Å²) in [5.74, 6) is -0.286. The molecule has 0 atom stereocenters. The van der Waals surface area contributed by atoms with Gasteiger partial charge in [-0.05, 0) is 43.5 Å². The first-order valence-electron chi connectivity index (χ1n) is 9.15. The molecule has 156 valence electrons. The van der Waals surface area contributed by atoms with E-state index in [9.17, 15) is 24.8 Å². The molecule has 1 aliphatic heterocycles. The lowest BCUT2D eigenvalue weighted by atomic mass is 10.1. The second-order valence-corrected chi connectivity index (χ2v) is 8.20. The quantitative estimate of drug-likeness (QED) is 0.190. The molecule has 3 rings (SSSR count). The molecule has 1 aliphatic rings. The van der Waals surface area contributed by atoms with Gasteiger partial charge in [-0.15, -0.1) is 0 Å². The monoisotopic (exact) mass is 445 g/mol. The number of carboxylic acids is 1. The molecule has 30 heavy (non-hydrogen) atoms. The first kappa shape index (κ1) is 21.7. The number of nitrogens with zero attached hydrogens (tertiary/aromatic N) is 2. The van der Waals surface area contributed by atoms with E-state index in [2.05, 4.69) is 0 Å². The van der Waals surface area contributed by atoms with E-state index in [0.717, 1.165) is 0 Å². The van der Waals surface area contributed by atoms with E-state index in [4.69, 9.17) is 16.6 Å². The molecule has 1 aromatic heterocycles. The van der Waals surface area contributed by atoms with Gasteiger partial charge in [0.05, 0.1) is 9.83 Å². The fourth-order valence-corrected chi connectivity index (χ4v) is 4.16. The minimum atomic E-state index is -1.07. The summed E-state index contributed by atoms with van der Waals surface area (Å²) >= 11 is 6.47. The van der Waals surface area contributed by atoms with Crippen molar-refractivity contribution in [1.82, 2.24) is 4.90 Å².